The third-order valence-corrected chi connectivity index (χ3v) is 5.78. The van der Waals surface area contributed by atoms with Crippen LogP contribution in [0.4, 0.5) is 0 Å². The van der Waals surface area contributed by atoms with Crippen molar-refractivity contribution in [2.75, 3.05) is 0 Å². The van der Waals surface area contributed by atoms with Crippen LogP contribution in [0.5, 0.6) is 0 Å². The van der Waals surface area contributed by atoms with E-state index in [0.717, 1.165) is 11.8 Å². The van der Waals surface area contributed by atoms with Crippen molar-refractivity contribution in [3.8, 4) is 0 Å². The predicted molar refractivity (Wildman–Crippen MR) is 80.9 cm³/mol. The maximum Gasteiger partial charge on any atom is -0.0156 e. The molecule has 1 fully saturated rings. The van der Waals surface area contributed by atoms with Gasteiger partial charge in [0.05, 0.1) is 0 Å². The quantitative estimate of drug-likeness (QED) is 0.664. The molecule has 1 aromatic rings. The standard InChI is InChI=1S/C19H26/c1-13-10-16-12-15-8-5-9-17(15)19(18(16)11-13)14-6-3-2-4-7-14/h12-14H,2-11H2,1H3. The average Bonchev–Trinajstić information content (AvgIpc) is 3.01. The van der Waals surface area contributed by atoms with Crippen molar-refractivity contribution in [3.05, 3.63) is 33.9 Å². The Morgan fingerprint density at radius 2 is 1.68 bits per heavy atom. The lowest BCUT2D eigenvalue weighted by molar-refractivity contribution is 0.439. The van der Waals surface area contributed by atoms with Crippen molar-refractivity contribution in [2.24, 2.45) is 5.92 Å². The summed E-state index contributed by atoms with van der Waals surface area (Å²) in [5.74, 6) is 1.81. The van der Waals surface area contributed by atoms with Crippen LogP contribution in [-0.4, -0.2) is 0 Å². The van der Waals surface area contributed by atoms with Crippen molar-refractivity contribution in [2.45, 2.75) is 77.0 Å². The first-order valence-electron chi connectivity index (χ1n) is 8.49. The molecule has 0 aromatic heterocycles. The third-order valence-electron chi connectivity index (χ3n) is 5.78. The fraction of sp³-hybridized carbons (Fsp3) is 0.684. The Morgan fingerprint density at radius 3 is 2.53 bits per heavy atom. The Morgan fingerprint density at radius 1 is 0.842 bits per heavy atom. The first kappa shape index (κ1) is 12.0. The van der Waals surface area contributed by atoms with E-state index in [4.69, 9.17) is 0 Å². The molecule has 1 unspecified atom stereocenters. The van der Waals surface area contributed by atoms with Gasteiger partial charge in [-0.2, -0.15) is 0 Å². The van der Waals surface area contributed by atoms with Crippen LogP contribution in [0.25, 0.3) is 0 Å². The average molecular weight is 254 g/mol. The van der Waals surface area contributed by atoms with Gasteiger partial charge in [0, 0.05) is 0 Å². The summed E-state index contributed by atoms with van der Waals surface area (Å²) in [7, 11) is 0. The van der Waals surface area contributed by atoms with Gasteiger partial charge in [-0.05, 0) is 84.6 Å². The van der Waals surface area contributed by atoms with Crippen LogP contribution in [0.1, 0.15) is 79.2 Å². The molecule has 3 aliphatic rings. The molecule has 102 valence electrons. The third kappa shape index (κ3) is 1.95. The van der Waals surface area contributed by atoms with E-state index in [1.165, 1.54) is 64.2 Å². The molecule has 1 atom stereocenters. The van der Waals surface area contributed by atoms with Gasteiger partial charge in [-0.3, -0.25) is 0 Å². The summed E-state index contributed by atoms with van der Waals surface area (Å²) >= 11 is 0. The minimum Gasteiger partial charge on any atom is -0.0619 e. The van der Waals surface area contributed by atoms with E-state index in [0.29, 0.717) is 0 Å². The van der Waals surface area contributed by atoms with Gasteiger partial charge in [0.1, 0.15) is 0 Å². The molecular weight excluding hydrogens is 228 g/mol. The lowest BCUT2D eigenvalue weighted by Crippen LogP contribution is -2.11. The molecule has 0 amide bonds. The Hall–Kier alpha value is -0.780. The second kappa shape index (κ2) is 4.65. The fourth-order valence-electron chi connectivity index (χ4n) is 4.99. The molecule has 19 heavy (non-hydrogen) atoms. The van der Waals surface area contributed by atoms with E-state index >= 15 is 0 Å². The topological polar surface area (TPSA) is 0 Å². The van der Waals surface area contributed by atoms with Crippen LogP contribution >= 0.6 is 0 Å². The molecule has 0 radical (unpaired) electrons. The summed E-state index contributed by atoms with van der Waals surface area (Å²) < 4.78 is 0. The largest absolute Gasteiger partial charge is 0.0619 e. The number of aryl methyl sites for hydroxylation is 1. The zero-order valence-electron chi connectivity index (χ0n) is 12.3. The molecule has 0 N–H and O–H groups in total. The van der Waals surface area contributed by atoms with E-state index in [1.54, 1.807) is 22.3 Å². The second-order valence-electron chi connectivity index (χ2n) is 7.27. The monoisotopic (exact) mass is 254 g/mol. The van der Waals surface area contributed by atoms with Crippen molar-refractivity contribution >= 4 is 0 Å². The first-order valence-corrected chi connectivity index (χ1v) is 8.49. The van der Waals surface area contributed by atoms with Gasteiger partial charge in [-0.15, -0.1) is 0 Å². The molecule has 0 bridgehead atoms. The molecule has 1 aromatic carbocycles. The van der Waals surface area contributed by atoms with Crippen molar-refractivity contribution in [1.82, 2.24) is 0 Å². The van der Waals surface area contributed by atoms with Crippen molar-refractivity contribution in [3.63, 3.8) is 0 Å². The van der Waals surface area contributed by atoms with Crippen LogP contribution in [0.15, 0.2) is 6.07 Å². The van der Waals surface area contributed by atoms with Gasteiger partial charge in [0.15, 0.2) is 0 Å². The Bertz CT molecular complexity index is 491. The SMILES string of the molecule is CC1Cc2cc3c(c(C4CCCCC4)c2C1)CCC3. The number of hydrogen-bond acceptors (Lipinski definition) is 0. The van der Waals surface area contributed by atoms with Crippen molar-refractivity contribution < 1.29 is 0 Å². The Balaban J connectivity index is 1.83. The smallest absolute Gasteiger partial charge is 0.0156 e. The summed E-state index contributed by atoms with van der Waals surface area (Å²) in [6, 6.07) is 2.59. The Kier molecular flexibility index (Phi) is 2.94. The van der Waals surface area contributed by atoms with Gasteiger partial charge < -0.3 is 0 Å². The fourth-order valence-corrected chi connectivity index (χ4v) is 4.99. The molecule has 0 saturated heterocycles. The van der Waals surface area contributed by atoms with Gasteiger partial charge in [-0.25, -0.2) is 0 Å². The highest BCUT2D eigenvalue weighted by atomic mass is 14.4. The van der Waals surface area contributed by atoms with Gasteiger partial charge >= 0.3 is 0 Å². The van der Waals surface area contributed by atoms with Crippen LogP contribution in [0.3, 0.4) is 0 Å². The number of benzene rings is 1. The zero-order valence-corrected chi connectivity index (χ0v) is 12.3. The normalized spacial score (nSPS) is 26.5. The highest BCUT2D eigenvalue weighted by Crippen LogP contribution is 2.44. The summed E-state index contributed by atoms with van der Waals surface area (Å²) in [5.41, 5.74) is 8.94. The number of hydrogen-bond donors (Lipinski definition) is 0. The molecule has 0 heteroatoms. The maximum atomic E-state index is 2.59. The molecule has 0 heterocycles. The molecule has 3 aliphatic carbocycles. The van der Waals surface area contributed by atoms with E-state index < -0.39 is 0 Å². The van der Waals surface area contributed by atoms with Crippen LogP contribution < -0.4 is 0 Å². The highest BCUT2D eigenvalue weighted by Gasteiger charge is 2.30. The zero-order chi connectivity index (χ0) is 12.8. The Labute approximate surface area is 117 Å². The molecular formula is C19H26. The summed E-state index contributed by atoms with van der Waals surface area (Å²) in [6.07, 6.45) is 14.2. The van der Waals surface area contributed by atoms with E-state index in [1.807, 2.05) is 5.56 Å². The van der Waals surface area contributed by atoms with Crippen LogP contribution in [-0.2, 0) is 25.7 Å². The maximum absolute atomic E-state index is 2.59. The van der Waals surface area contributed by atoms with E-state index in [-0.39, 0.29) is 0 Å². The van der Waals surface area contributed by atoms with Crippen molar-refractivity contribution in [1.29, 1.82) is 0 Å². The molecule has 4 rings (SSSR count). The minimum absolute atomic E-state index is 0.889. The molecule has 0 nitrogen and oxygen atoms in total. The van der Waals surface area contributed by atoms with Gasteiger partial charge in [0.25, 0.3) is 0 Å². The second-order valence-corrected chi connectivity index (χ2v) is 7.27. The summed E-state index contributed by atoms with van der Waals surface area (Å²) in [6.45, 7) is 2.44. The summed E-state index contributed by atoms with van der Waals surface area (Å²) in [5, 5.41) is 0. The van der Waals surface area contributed by atoms with Crippen LogP contribution in [0.2, 0.25) is 0 Å². The van der Waals surface area contributed by atoms with Crippen LogP contribution in [0, 0.1) is 5.92 Å². The molecule has 0 aliphatic heterocycles. The number of fused-ring (bicyclic) bond motifs is 2. The van der Waals surface area contributed by atoms with Gasteiger partial charge in [-0.1, -0.05) is 32.3 Å². The minimum atomic E-state index is 0.889. The van der Waals surface area contributed by atoms with Gasteiger partial charge in [0.2, 0.25) is 0 Å². The summed E-state index contributed by atoms with van der Waals surface area (Å²) in [4.78, 5) is 0. The molecule has 0 spiro atoms. The lowest BCUT2D eigenvalue weighted by atomic mass is 9.78. The lowest BCUT2D eigenvalue weighted by Gasteiger charge is -2.27. The number of rotatable bonds is 1. The van der Waals surface area contributed by atoms with E-state index in [9.17, 15) is 0 Å². The predicted octanol–water partition coefficient (Wildman–Crippen LogP) is 4.96. The van der Waals surface area contributed by atoms with E-state index in [2.05, 4.69) is 13.0 Å². The highest BCUT2D eigenvalue weighted by molar-refractivity contribution is 5.52. The first-order chi connectivity index (χ1) is 9.33. The molecule has 1 saturated carbocycles.